The summed E-state index contributed by atoms with van der Waals surface area (Å²) in [5.41, 5.74) is 7.69. The highest BCUT2D eigenvalue weighted by Gasteiger charge is 2.43. The van der Waals surface area contributed by atoms with Gasteiger partial charge < -0.3 is 10.5 Å². The van der Waals surface area contributed by atoms with Crippen LogP contribution in [0.1, 0.15) is 52.0 Å². The largest absolute Gasteiger partial charge is 0.493 e. The summed E-state index contributed by atoms with van der Waals surface area (Å²) in [4.78, 5) is 0. The second-order valence-corrected chi connectivity index (χ2v) is 6.78. The van der Waals surface area contributed by atoms with Gasteiger partial charge in [-0.15, -0.1) is 0 Å². The summed E-state index contributed by atoms with van der Waals surface area (Å²) in [7, 11) is 0. The van der Waals surface area contributed by atoms with E-state index in [1.165, 1.54) is 31.2 Å². The van der Waals surface area contributed by atoms with Crippen LogP contribution in [0.3, 0.4) is 0 Å². The number of benzene rings is 1. The number of hydrogen-bond donors (Lipinski definition) is 1. The molecule has 112 valence electrons. The molecule has 1 aromatic carbocycles. The monoisotopic (exact) mass is 275 g/mol. The molecular formula is C18H29NO. The van der Waals surface area contributed by atoms with Crippen LogP contribution in [0, 0.1) is 11.8 Å². The van der Waals surface area contributed by atoms with E-state index >= 15 is 0 Å². The van der Waals surface area contributed by atoms with E-state index in [2.05, 4.69) is 45.0 Å². The minimum Gasteiger partial charge on any atom is -0.493 e. The Kier molecular flexibility index (Phi) is 5.09. The fourth-order valence-corrected chi connectivity index (χ4v) is 3.35. The molecule has 1 fully saturated rings. The third-order valence-electron chi connectivity index (χ3n) is 4.50. The second kappa shape index (κ2) is 6.62. The zero-order valence-corrected chi connectivity index (χ0v) is 13.2. The first kappa shape index (κ1) is 15.4. The van der Waals surface area contributed by atoms with E-state index in [0.29, 0.717) is 5.92 Å². The van der Waals surface area contributed by atoms with E-state index in [0.717, 1.165) is 24.8 Å². The number of hydrogen-bond acceptors (Lipinski definition) is 2. The third-order valence-corrected chi connectivity index (χ3v) is 4.50. The van der Waals surface area contributed by atoms with Crippen molar-refractivity contribution in [3.63, 3.8) is 0 Å². The molecule has 2 N–H and O–H groups in total. The molecule has 0 bridgehead atoms. The summed E-state index contributed by atoms with van der Waals surface area (Å²) in [5, 5.41) is 0. The first-order valence-corrected chi connectivity index (χ1v) is 8.03. The maximum absolute atomic E-state index is 6.06. The first-order chi connectivity index (χ1) is 9.59. The molecule has 0 heterocycles. The van der Waals surface area contributed by atoms with Crippen LogP contribution in [-0.2, 0) is 5.41 Å². The van der Waals surface area contributed by atoms with Gasteiger partial charge in [-0.05, 0) is 42.4 Å². The number of ether oxygens (including phenoxy) is 1. The molecule has 0 aliphatic heterocycles. The van der Waals surface area contributed by atoms with E-state index in [4.69, 9.17) is 10.5 Å². The second-order valence-electron chi connectivity index (χ2n) is 6.78. The molecule has 20 heavy (non-hydrogen) atoms. The summed E-state index contributed by atoms with van der Waals surface area (Å²) in [6.45, 7) is 8.14. The maximum atomic E-state index is 6.06. The quantitative estimate of drug-likeness (QED) is 0.812. The number of nitrogens with two attached hydrogens (primary N) is 1. The van der Waals surface area contributed by atoms with Gasteiger partial charge in [-0.25, -0.2) is 0 Å². The van der Waals surface area contributed by atoms with Crippen molar-refractivity contribution in [2.24, 2.45) is 17.6 Å². The van der Waals surface area contributed by atoms with Crippen LogP contribution in [0.2, 0.25) is 0 Å². The highest BCUT2D eigenvalue weighted by molar-refractivity contribution is 5.35. The van der Waals surface area contributed by atoms with Gasteiger partial charge in [0.05, 0.1) is 6.61 Å². The van der Waals surface area contributed by atoms with Crippen molar-refractivity contribution in [3.8, 4) is 5.75 Å². The Labute approximate surface area is 123 Å². The molecular weight excluding hydrogens is 246 g/mol. The fraction of sp³-hybridized carbons (Fsp3) is 0.667. The van der Waals surface area contributed by atoms with Gasteiger partial charge in [0.25, 0.3) is 0 Å². The van der Waals surface area contributed by atoms with Gasteiger partial charge in [0.2, 0.25) is 0 Å². The minimum atomic E-state index is 0.233. The van der Waals surface area contributed by atoms with Crippen LogP contribution >= 0.6 is 0 Å². The summed E-state index contributed by atoms with van der Waals surface area (Å²) < 4.78 is 5.75. The molecule has 1 aromatic rings. The summed E-state index contributed by atoms with van der Waals surface area (Å²) in [5.74, 6) is 2.41. The summed E-state index contributed by atoms with van der Waals surface area (Å²) >= 11 is 0. The molecule has 2 heteroatoms. The Morgan fingerprint density at radius 1 is 1.25 bits per heavy atom. The molecule has 0 aromatic heterocycles. The highest BCUT2D eigenvalue weighted by Crippen LogP contribution is 2.49. The van der Waals surface area contributed by atoms with Crippen molar-refractivity contribution in [2.75, 3.05) is 13.2 Å². The molecule has 0 unspecified atom stereocenters. The smallest absolute Gasteiger partial charge is 0.119 e. The maximum Gasteiger partial charge on any atom is 0.119 e. The predicted octanol–water partition coefficient (Wildman–Crippen LogP) is 4.13. The summed E-state index contributed by atoms with van der Waals surface area (Å²) in [6.07, 6.45) is 5.14. The Balaban J connectivity index is 1.98. The lowest BCUT2D eigenvalue weighted by Crippen LogP contribution is -2.47. The molecule has 0 saturated heterocycles. The van der Waals surface area contributed by atoms with Gasteiger partial charge in [-0.2, -0.15) is 0 Å². The van der Waals surface area contributed by atoms with Crippen molar-refractivity contribution in [1.29, 1.82) is 0 Å². The van der Waals surface area contributed by atoms with E-state index in [9.17, 15) is 0 Å². The molecule has 1 aliphatic rings. The Hall–Kier alpha value is -1.02. The van der Waals surface area contributed by atoms with Crippen molar-refractivity contribution in [2.45, 2.75) is 51.9 Å². The van der Waals surface area contributed by atoms with Crippen molar-refractivity contribution >= 4 is 0 Å². The van der Waals surface area contributed by atoms with Crippen molar-refractivity contribution in [3.05, 3.63) is 29.8 Å². The topological polar surface area (TPSA) is 35.2 Å². The van der Waals surface area contributed by atoms with Gasteiger partial charge in [0, 0.05) is 12.0 Å². The zero-order chi connectivity index (χ0) is 14.6. The van der Waals surface area contributed by atoms with E-state index in [1.807, 2.05) is 0 Å². The van der Waals surface area contributed by atoms with Crippen LogP contribution in [-0.4, -0.2) is 13.2 Å². The average molecular weight is 275 g/mol. The van der Waals surface area contributed by atoms with E-state index in [1.54, 1.807) is 0 Å². The standard InChI is InChI=1S/C18H29NO/c1-4-5-15-10-18(11-15,13-19)16-6-8-17(9-7-16)20-12-14(2)3/h6-9,14-15H,4-5,10-13,19H2,1-3H3. The molecule has 0 atom stereocenters. The van der Waals surface area contributed by atoms with Crippen LogP contribution < -0.4 is 10.5 Å². The van der Waals surface area contributed by atoms with Gasteiger partial charge in [-0.3, -0.25) is 0 Å². The third kappa shape index (κ3) is 3.35. The van der Waals surface area contributed by atoms with Gasteiger partial charge in [-0.1, -0.05) is 45.7 Å². The fourth-order valence-electron chi connectivity index (χ4n) is 3.35. The average Bonchev–Trinajstić information content (AvgIpc) is 2.41. The Morgan fingerprint density at radius 3 is 2.40 bits per heavy atom. The Morgan fingerprint density at radius 2 is 1.90 bits per heavy atom. The van der Waals surface area contributed by atoms with Crippen molar-refractivity contribution < 1.29 is 4.74 Å². The van der Waals surface area contributed by atoms with Crippen LogP contribution in [0.4, 0.5) is 0 Å². The SMILES string of the molecule is CCCC1CC(CN)(c2ccc(OCC(C)C)cc2)C1. The van der Waals surface area contributed by atoms with Crippen LogP contribution in [0.15, 0.2) is 24.3 Å². The van der Waals surface area contributed by atoms with Crippen molar-refractivity contribution in [1.82, 2.24) is 0 Å². The first-order valence-electron chi connectivity index (χ1n) is 8.03. The van der Waals surface area contributed by atoms with E-state index in [-0.39, 0.29) is 5.41 Å². The molecule has 1 aliphatic carbocycles. The van der Waals surface area contributed by atoms with Gasteiger partial charge in [0.15, 0.2) is 0 Å². The zero-order valence-electron chi connectivity index (χ0n) is 13.2. The lowest BCUT2D eigenvalue weighted by molar-refractivity contribution is 0.139. The van der Waals surface area contributed by atoms with Gasteiger partial charge in [0.1, 0.15) is 5.75 Å². The summed E-state index contributed by atoms with van der Waals surface area (Å²) in [6, 6.07) is 8.62. The van der Waals surface area contributed by atoms with E-state index < -0.39 is 0 Å². The predicted molar refractivity (Wildman–Crippen MR) is 85.1 cm³/mol. The van der Waals surface area contributed by atoms with Crippen LogP contribution in [0.5, 0.6) is 5.75 Å². The molecule has 0 spiro atoms. The number of rotatable bonds is 7. The van der Waals surface area contributed by atoms with Gasteiger partial charge >= 0.3 is 0 Å². The highest BCUT2D eigenvalue weighted by atomic mass is 16.5. The molecule has 0 amide bonds. The Bertz CT molecular complexity index is 404. The molecule has 0 radical (unpaired) electrons. The molecule has 1 saturated carbocycles. The minimum absolute atomic E-state index is 0.233. The lowest BCUT2D eigenvalue weighted by Gasteiger charge is -2.48. The molecule has 2 nitrogen and oxygen atoms in total. The normalized spacial score (nSPS) is 25.6. The lowest BCUT2D eigenvalue weighted by atomic mass is 9.57. The molecule has 2 rings (SSSR count). The van der Waals surface area contributed by atoms with Crippen LogP contribution in [0.25, 0.3) is 0 Å².